The van der Waals surface area contributed by atoms with E-state index >= 15 is 0 Å². The van der Waals surface area contributed by atoms with Crippen molar-refractivity contribution in [3.05, 3.63) is 29.3 Å². The van der Waals surface area contributed by atoms with Gasteiger partial charge in [0, 0.05) is 16.5 Å². The monoisotopic (exact) mass is 298 g/mol. The van der Waals surface area contributed by atoms with Gasteiger partial charge in [0.2, 0.25) is 11.8 Å². The van der Waals surface area contributed by atoms with Crippen molar-refractivity contribution in [3.63, 3.8) is 0 Å². The van der Waals surface area contributed by atoms with Gasteiger partial charge in [0.1, 0.15) is 6.04 Å². The number of hydrogen-bond donors (Lipinski definition) is 2. The molecule has 1 atom stereocenters. The van der Waals surface area contributed by atoms with Crippen molar-refractivity contribution in [1.29, 1.82) is 0 Å². The van der Waals surface area contributed by atoms with Gasteiger partial charge in [-0.3, -0.25) is 9.59 Å². The zero-order valence-corrected chi connectivity index (χ0v) is 11.9. The molecule has 1 aliphatic heterocycles. The van der Waals surface area contributed by atoms with E-state index in [0.717, 1.165) is 11.3 Å². The predicted octanol–water partition coefficient (Wildman–Crippen LogP) is 1.83. The number of halogens is 1. The van der Waals surface area contributed by atoms with E-state index in [0.29, 0.717) is 23.7 Å². The van der Waals surface area contributed by atoms with Crippen LogP contribution in [-0.2, 0) is 9.59 Å². The summed E-state index contributed by atoms with van der Waals surface area (Å²) in [7, 11) is 0. The van der Waals surface area contributed by atoms with Crippen molar-refractivity contribution in [2.45, 2.75) is 23.8 Å². The molecule has 1 saturated heterocycles. The number of benzene rings is 1. The molecule has 4 nitrogen and oxygen atoms in total. The molecule has 19 heavy (non-hydrogen) atoms. The first-order valence-electron chi connectivity index (χ1n) is 6.10. The molecule has 1 aromatic carbocycles. The second-order valence-corrected chi connectivity index (χ2v) is 5.78. The highest BCUT2D eigenvalue weighted by Gasteiger charge is 2.23. The standard InChI is InChI=1S/C13H15ClN2O2S/c14-9-3-5-10(6-4-9)19-8-12(17)16-11-2-1-7-15-13(11)18/h3-6,11H,1-2,7-8H2,(H,15,18)(H,16,17)/t11-/m0/s1. The molecule has 1 aromatic rings. The zero-order valence-electron chi connectivity index (χ0n) is 10.3. The van der Waals surface area contributed by atoms with Crippen LogP contribution in [0.2, 0.25) is 5.02 Å². The van der Waals surface area contributed by atoms with Crippen LogP contribution < -0.4 is 10.6 Å². The van der Waals surface area contributed by atoms with E-state index in [2.05, 4.69) is 10.6 Å². The Hall–Kier alpha value is -1.20. The highest BCUT2D eigenvalue weighted by Crippen LogP contribution is 2.20. The molecule has 0 radical (unpaired) electrons. The Labute approximate surface area is 121 Å². The van der Waals surface area contributed by atoms with Crippen molar-refractivity contribution in [2.75, 3.05) is 12.3 Å². The molecule has 0 spiro atoms. The number of piperidine rings is 1. The fraction of sp³-hybridized carbons (Fsp3) is 0.385. The smallest absolute Gasteiger partial charge is 0.242 e. The van der Waals surface area contributed by atoms with Crippen molar-refractivity contribution in [1.82, 2.24) is 10.6 Å². The van der Waals surface area contributed by atoms with E-state index in [4.69, 9.17) is 11.6 Å². The van der Waals surface area contributed by atoms with Crippen LogP contribution in [0, 0.1) is 0 Å². The van der Waals surface area contributed by atoms with E-state index in [1.807, 2.05) is 12.1 Å². The number of thioether (sulfide) groups is 1. The molecule has 1 heterocycles. The Morgan fingerprint density at radius 1 is 1.42 bits per heavy atom. The summed E-state index contributed by atoms with van der Waals surface area (Å²) >= 11 is 7.21. The number of carbonyl (C=O) groups is 2. The second kappa shape index (κ2) is 6.82. The average molecular weight is 299 g/mol. The quantitative estimate of drug-likeness (QED) is 0.834. The van der Waals surface area contributed by atoms with Crippen molar-refractivity contribution in [3.8, 4) is 0 Å². The maximum Gasteiger partial charge on any atom is 0.242 e. The molecule has 0 saturated carbocycles. The van der Waals surface area contributed by atoms with Gasteiger partial charge in [0.15, 0.2) is 0 Å². The van der Waals surface area contributed by atoms with Gasteiger partial charge in [-0.25, -0.2) is 0 Å². The van der Waals surface area contributed by atoms with Gasteiger partial charge in [-0.2, -0.15) is 0 Å². The normalized spacial score (nSPS) is 18.8. The van der Waals surface area contributed by atoms with Crippen LogP contribution in [0.15, 0.2) is 29.2 Å². The Bertz CT molecular complexity index is 464. The molecule has 102 valence electrons. The van der Waals surface area contributed by atoms with Gasteiger partial charge >= 0.3 is 0 Å². The van der Waals surface area contributed by atoms with E-state index in [1.54, 1.807) is 12.1 Å². The minimum absolute atomic E-state index is 0.0870. The molecule has 1 aliphatic rings. The van der Waals surface area contributed by atoms with Crippen LogP contribution in [0.4, 0.5) is 0 Å². The summed E-state index contributed by atoms with van der Waals surface area (Å²) in [6.45, 7) is 0.699. The largest absolute Gasteiger partial charge is 0.354 e. The number of nitrogens with one attached hydrogen (secondary N) is 2. The van der Waals surface area contributed by atoms with Crippen LogP contribution in [0.3, 0.4) is 0 Å². The van der Waals surface area contributed by atoms with Crippen LogP contribution >= 0.6 is 23.4 Å². The molecule has 2 N–H and O–H groups in total. The Kier molecular flexibility index (Phi) is 5.10. The first-order valence-corrected chi connectivity index (χ1v) is 7.47. The lowest BCUT2D eigenvalue weighted by molar-refractivity contribution is -0.129. The molecule has 1 fully saturated rings. The minimum atomic E-state index is -0.382. The first kappa shape index (κ1) is 14.2. The van der Waals surface area contributed by atoms with Crippen LogP contribution in [0.25, 0.3) is 0 Å². The molecule has 2 rings (SSSR count). The lowest BCUT2D eigenvalue weighted by Gasteiger charge is -2.22. The molecule has 0 unspecified atom stereocenters. The lowest BCUT2D eigenvalue weighted by Crippen LogP contribution is -2.50. The average Bonchev–Trinajstić information content (AvgIpc) is 2.41. The highest BCUT2D eigenvalue weighted by atomic mass is 35.5. The zero-order chi connectivity index (χ0) is 13.7. The van der Waals surface area contributed by atoms with Crippen molar-refractivity contribution >= 4 is 35.2 Å². The SMILES string of the molecule is O=C(CSc1ccc(Cl)cc1)N[C@H]1CCCNC1=O. The van der Waals surface area contributed by atoms with Gasteiger partial charge in [-0.1, -0.05) is 11.6 Å². The Balaban J connectivity index is 1.78. The summed E-state index contributed by atoms with van der Waals surface area (Å²) in [5.74, 6) is 0.0869. The maximum absolute atomic E-state index is 11.8. The summed E-state index contributed by atoms with van der Waals surface area (Å²) in [5.41, 5.74) is 0. The number of hydrogen-bond acceptors (Lipinski definition) is 3. The molecule has 0 bridgehead atoms. The summed E-state index contributed by atoms with van der Waals surface area (Å²) in [5, 5.41) is 6.17. The predicted molar refractivity (Wildman–Crippen MR) is 76.4 cm³/mol. The summed E-state index contributed by atoms with van der Waals surface area (Å²) < 4.78 is 0. The van der Waals surface area contributed by atoms with Gasteiger partial charge < -0.3 is 10.6 Å². The Morgan fingerprint density at radius 2 is 2.16 bits per heavy atom. The lowest BCUT2D eigenvalue weighted by atomic mass is 10.1. The van der Waals surface area contributed by atoms with E-state index < -0.39 is 0 Å². The van der Waals surface area contributed by atoms with Gasteiger partial charge in [-0.15, -0.1) is 11.8 Å². The van der Waals surface area contributed by atoms with Gasteiger partial charge in [-0.05, 0) is 37.1 Å². The summed E-state index contributed by atoms with van der Waals surface area (Å²) in [6, 6.07) is 6.93. The molecule has 6 heteroatoms. The molecule has 0 aromatic heterocycles. The topological polar surface area (TPSA) is 58.2 Å². The summed E-state index contributed by atoms with van der Waals surface area (Å²) in [4.78, 5) is 24.2. The van der Waals surface area contributed by atoms with E-state index in [1.165, 1.54) is 11.8 Å². The number of amides is 2. The summed E-state index contributed by atoms with van der Waals surface area (Å²) in [6.07, 6.45) is 1.62. The minimum Gasteiger partial charge on any atom is -0.354 e. The fourth-order valence-corrected chi connectivity index (χ4v) is 2.66. The van der Waals surface area contributed by atoms with Crippen LogP contribution in [-0.4, -0.2) is 30.2 Å². The van der Waals surface area contributed by atoms with Gasteiger partial charge in [0.25, 0.3) is 0 Å². The number of rotatable bonds is 4. The third-order valence-corrected chi connectivity index (χ3v) is 4.07. The molecular formula is C13H15ClN2O2S. The maximum atomic E-state index is 11.8. The molecule has 2 amide bonds. The third kappa shape index (κ3) is 4.44. The Morgan fingerprint density at radius 3 is 2.84 bits per heavy atom. The third-order valence-electron chi connectivity index (χ3n) is 2.80. The first-order chi connectivity index (χ1) is 9.15. The van der Waals surface area contributed by atoms with E-state index in [9.17, 15) is 9.59 Å². The second-order valence-electron chi connectivity index (χ2n) is 4.30. The van der Waals surface area contributed by atoms with E-state index in [-0.39, 0.29) is 17.9 Å². The van der Waals surface area contributed by atoms with Gasteiger partial charge in [0.05, 0.1) is 5.75 Å². The highest BCUT2D eigenvalue weighted by molar-refractivity contribution is 8.00. The fourth-order valence-electron chi connectivity index (χ4n) is 1.83. The van der Waals surface area contributed by atoms with Crippen LogP contribution in [0.1, 0.15) is 12.8 Å². The van der Waals surface area contributed by atoms with Crippen molar-refractivity contribution < 1.29 is 9.59 Å². The van der Waals surface area contributed by atoms with Crippen molar-refractivity contribution in [2.24, 2.45) is 0 Å². The number of carbonyl (C=O) groups excluding carboxylic acids is 2. The molecule has 0 aliphatic carbocycles. The van der Waals surface area contributed by atoms with Crippen LogP contribution in [0.5, 0.6) is 0 Å². The molecular weight excluding hydrogens is 284 g/mol.